The quantitative estimate of drug-likeness (QED) is 0.809. The van der Waals surface area contributed by atoms with E-state index in [1.54, 1.807) is 0 Å². The van der Waals surface area contributed by atoms with E-state index < -0.39 is 0 Å². The zero-order valence-corrected chi connectivity index (χ0v) is 14.4. The third kappa shape index (κ3) is 4.99. The molecule has 0 radical (unpaired) electrons. The van der Waals surface area contributed by atoms with Crippen molar-refractivity contribution < 1.29 is 4.79 Å². The van der Waals surface area contributed by atoms with Gasteiger partial charge in [-0.15, -0.1) is 0 Å². The summed E-state index contributed by atoms with van der Waals surface area (Å²) in [5.41, 5.74) is 1.31. The predicted octanol–water partition coefficient (Wildman–Crippen LogP) is 2.13. The van der Waals surface area contributed by atoms with Crippen LogP contribution in [0.25, 0.3) is 0 Å². The van der Waals surface area contributed by atoms with Gasteiger partial charge in [0.2, 0.25) is 0 Å². The van der Waals surface area contributed by atoms with Crippen molar-refractivity contribution in [3.63, 3.8) is 0 Å². The molecule has 0 aromatic carbocycles. The number of likely N-dealkylation sites (tertiary alicyclic amines) is 1. The summed E-state index contributed by atoms with van der Waals surface area (Å²) in [5.74, 6) is 0.931. The number of carbonyl (C=O) groups excluding carboxylic acids is 1. The number of amides is 2. The number of urea groups is 1. The van der Waals surface area contributed by atoms with Crippen LogP contribution in [0.5, 0.6) is 0 Å². The lowest BCUT2D eigenvalue weighted by Crippen LogP contribution is -2.46. The Hall–Kier alpha value is -1.49. The second-order valence-corrected chi connectivity index (χ2v) is 7.36. The summed E-state index contributed by atoms with van der Waals surface area (Å²) >= 11 is 0. The second-order valence-electron chi connectivity index (χ2n) is 7.36. The molecule has 2 amide bonds. The van der Waals surface area contributed by atoms with E-state index in [1.165, 1.54) is 25.1 Å². The lowest BCUT2D eigenvalue weighted by molar-refractivity contribution is 0.232. The summed E-state index contributed by atoms with van der Waals surface area (Å²) in [6.45, 7) is 5.45. The van der Waals surface area contributed by atoms with Gasteiger partial charge in [-0.3, -0.25) is 0 Å². The van der Waals surface area contributed by atoms with Gasteiger partial charge in [0, 0.05) is 50.7 Å². The fourth-order valence-electron chi connectivity index (χ4n) is 3.43. The maximum absolute atomic E-state index is 12.1. The van der Waals surface area contributed by atoms with Gasteiger partial charge in [0.25, 0.3) is 0 Å². The Morgan fingerprint density at radius 3 is 2.91 bits per heavy atom. The molecule has 2 heterocycles. The molecule has 3 rings (SSSR count). The minimum Gasteiger partial charge on any atom is -0.354 e. The maximum atomic E-state index is 12.1. The third-order valence-corrected chi connectivity index (χ3v) is 5.08. The minimum atomic E-state index is -0.0114. The Bertz CT molecular complexity index is 523. The number of nitrogens with one attached hydrogen (secondary N) is 2. The van der Waals surface area contributed by atoms with Gasteiger partial charge < -0.3 is 20.1 Å². The number of hydrogen-bond acceptors (Lipinski definition) is 2. The zero-order valence-electron chi connectivity index (χ0n) is 14.4. The highest BCUT2D eigenvalue weighted by molar-refractivity contribution is 5.74. The topological polar surface area (TPSA) is 49.3 Å². The molecule has 2 atom stereocenters. The summed E-state index contributed by atoms with van der Waals surface area (Å²) < 4.78 is 2.14. The van der Waals surface area contributed by atoms with E-state index in [2.05, 4.69) is 52.4 Å². The fraction of sp³-hybridized carbons (Fsp3) is 0.722. The average molecular weight is 318 g/mol. The Kier molecular flexibility index (Phi) is 5.26. The van der Waals surface area contributed by atoms with Gasteiger partial charge in [-0.2, -0.15) is 0 Å². The van der Waals surface area contributed by atoms with Gasteiger partial charge in [-0.1, -0.05) is 0 Å². The number of rotatable bonds is 7. The molecule has 5 nitrogen and oxygen atoms in total. The molecule has 2 aliphatic rings. The summed E-state index contributed by atoms with van der Waals surface area (Å²) in [7, 11) is 2.06. The number of carbonyl (C=O) groups is 1. The zero-order chi connectivity index (χ0) is 16.2. The van der Waals surface area contributed by atoms with Crippen molar-refractivity contribution in [3.8, 4) is 0 Å². The van der Waals surface area contributed by atoms with Crippen LogP contribution in [0.15, 0.2) is 18.3 Å². The molecule has 128 valence electrons. The number of aromatic nitrogens is 1. The van der Waals surface area contributed by atoms with Gasteiger partial charge in [0.15, 0.2) is 0 Å². The van der Waals surface area contributed by atoms with E-state index >= 15 is 0 Å². The lowest BCUT2D eigenvalue weighted by atomic mass is 10.1. The molecule has 1 aliphatic heterocycles. The summed E-state index contributed by atoms with van der Waals surface area (Å²) in [6.07, 6.45) is 7.89. The van der Waals surface area contributed by atoms with Gasteiger partial charge in [0.05, 0.1) is 0 Å². The molecule has 5 heteroatoms. The number of hydrogen-bond donors (Lipinski definition) is 2. The average Bonchev–Trinajstić information content (AvgIpc) is 3.05. The standard InChI is InChI=1S/C18H30N4O/c1-14(5-8-17-4-3-10-21(17)2)19-18(23)20-16-9-11-22(13-16)12-15-6-7-15/h3-4,10,14-16H,5-9,11-13H2,1-2H3,(H2,19,20,23)/t14-,16+/m0/s1. The first-order valence-electron chi connectivity index (χ1n) is 8.99. The molecule has 2 fully saturated rings. The molecular formula is C18H30N4O. The van der Waals surface area contributed by atoms with Crippen LogP contribution in [0.4, 0.5) is 4.79 Å². The van der Waals surface area contributed by atoms with Gasteiger partial charge in [-0.25, -0.2) is 4.79 Å². The van der Waals surface area contributed by atoms with Gasteiger partial charge in [-0.05, 0) is 57.1 Å². The molecule has 1 aliphatic carbocycles. The first-order chi connectivity index (χ1) is 11.1. The molecule has 2 N–H and O–H groups in total. The van der Waals surface area contributed by atoms with Gasteiger partial charge in [0.1, 0.15) is 0 Å². The largest absolute Gasteiger partial charge is 0.354 e. The van der Waals surface area contributed by atoms with Crippen LogP contribution in [0, 0.1) is 5.92 Å². The maximum Gasteiger partial charge on any atom is 0.315 e. The van der Waals surface area contributed by atoms with E-state index in [4.69, 9.17) is 0 Å². The van der Waals surface area contributed by atoms with Crippen molar-refractivity contribution in [3.05, 3.63) is 24.0 Å². The van der Waals surface area contributed by atoms with Crippen molar-refractivity contribution in [1.82, 2.24) is 20.1 Å². The molecule has 1 aromatic rings. The van der Waals surface area contributed by atoms with Crippen LogP contribution in [0.3, 0.4) is 0 Å². The Labute approximate surface area is 139 Å². The monoisotopic (exact) mass is 318 g/mol. The molecule has 0 unspecified atom stereocenters. The van der Waals surface area contributed by atoms with Crippen molar-refractivity contribution in [2.24, 2.45) is 13.0 Å². The van der Waals surface area contributed by atoms with E-state index in [0.29, 0.717) is 6.04 Å². The van der Waals surface area contributed by atoms with Crippen LogP contribution in [0.2, 0.25) is 0 Å². The number of nitrogens with zero attached hydrogens (tertiary/aromatic N) is 2. The van der Waals surface area contributed by atoms with Crippen LogP contribution < -0.4 is 10.6 Å². The Morgan fingerprint density at radius 2 is 2.22 bits per heavy atom. The molecule has 23 heavy (non-hydrogen) atoms. The highest BCUT2D eigenvalue weighted by atomic mass is 16.2. The van der Waals surface area contributed by atoms with Gasteiger partial charge >= 0.3 is 6.03 Å². The molecule has 1 saturated heterocycles. The van der Waals surface area contributed by atoms with Crippen LogP contribution >= 0.6 is 0 Å². The predicted molar refractivity (Wildman–Crippen MR) is 92.4 cm³/mol. The molecule has 0 bridgehead atoms. The van der Waals surface area contributed by atoms with Crippen LogP contribution in [-0.2, 0) is 13.5 Å². The molecule has 1 saturated carbocycles. The smallest absolute Gasteiger partial charge is 0.315 e. The van der Waals surface area contributed by atoms with Crippen molar-refractivity contribution >= 4 is 6.03 Å². The van der Waals surface area contributed by atoms with E-state index in [-0.39, 0.29) is 12.1 Å². The van der Waals surface area contributed by atoms with Crippen molar-refractivity contribution in [2.75, 3.05) is 19.6 Å². The molecule has 0 spiro atoms. The van der Waals surface area contributed by atoms with Crippen molar-refractivity contribution in [1.29, 1.82) is 0 Å². The number of aryl methyl sites for hydroxylation is 2. The molecule has 1 aromatic heterocycles. The van der Waals surface area contributed by atoms with Crippen LogP contribution in [0.1, 0.15) is 38.3 Å². The SMILES string of the molecule is C[C@@H](CCc1cccn1C)NC(=O)N[C@@H]1CCN(CC2CC2)C1. The normalized spacial score (nSPS) is 23.0. The summed E-state index contributed by atoms with van der Waals surface area (Å²) in [6, 6.07) is 4.69. The first kappa shape index (κ1) is 16.4. The van der Waals surface area contributed by atoms with Crippen LogP contribution in [-0.4, -0.2) is 47.2 Å². The molecular weight excluding hydrogens is 288 g/mol. The highest BCUT2D eigenvalue weighted by Crippen LogP contribution is 2.30. The van der Waals surface area contributed by atoms with E-state index in [0.717, 1.165) is 38.3 Å². The fourth-order valence-corrected chi connectivity index (χ4v) is 3.43. The summed E-state index contributed by atoms with van der Waals surface area (Å²) in [4.78, 5) is 14.6. The third-order valence-electron chi connectivity index (χ3n) is 5.08. The Morgan fingerprint density at radius 1 is 1.39 bits per heavy atom. The second kappa shape index (κ2) is 7.39. The highest BCUT2D eigenvalue weighted by Gasteiger charge is 2.29. The lowest BCUT2D eigenvalue weighted by Gasteiger charge is -2.19. The minimum absolute atomic E-state index is 0.0114. The van der Waals surface area contributed by atoms with Crippen molar-refractivity contribution in [2.45, 2.75) is 51.1 Å². The first-order valence-corrected chi connectivity index (χ1v) is 8.99. The van der Waals surface area contributed by atoms with E-state index in [9.17, 15) is 4.79 Å². The summed E-state index contributed by atoms with van der Waals surface area (Å²) in [5, 5.41) is 6.22. The Balaban J connectivity index is 1.33. The van der Waals surface area contributed by atoms with E-state index in [1.807, 2.05) is 0 Å².